The molecule has 0 bridgehead atoms. The van der Waals surface area contributed by atoms with Crippen molar-refractivity contribution in [2.45, 2.75) is 12.5 Å². The predicted molar refractivity (Wildman–Crippen MR) is 69.1 cm³/mol. The molecule has 0 saturated carbocycles. The second-order valence-corrected chi connectivity index (χ2v) is 4.96. The minimum atomic E-state index is -1.14. The van der Waals surface area contributed by atoms with Crippen molar-refractivity contribution in [3.05, 3.63) is 69.4 Å². The molecule has 0 amide bonds. The molecule has 1 atom stereocenters. The third kappa shape index (κ3) is 3.16. The Kier molecular flexibility index (Phi) is 4.27. The maximum Gasteiger partial charge on any atom is 0.159 e. The fourth-order valence-electron chi connectivity index (χ4n) is 1.82. The zero-order valence-electron chi connectivity index (χ0n) is 9.71. The van der Waals surface area contributed by atoms with E-state index in [0.717, 1.165) is 12.1 Å². The number of hydrogen-bond donors (Lipinski definition) is 1. The molecule has 2 rings (SSSR count). The molecule has 0 aromatic heterocycles. The highest BCUT2D eigenvalue weighted by Crippen LogP contribution is 2.28. The number of aliphatic hydroxyl groups is 1. The Morgan fingerprint density at radius 3 is 2.37 bits per heavy atom. The maximum atomic E-state index is 13.6. The van der Waals surface area contributed by atoms with Crippen LogP contribution in [-0.2, 0) is 6.42 Å². The van der Waals surface area contributed by atoms with Crippen LogP contribution >= 0.6 is 15.9 Å². The molecular weight excluding hydrogens is 321 g/mol. The van der Waals surface area contributed by atoms with Crippen LogP contribution in [0.5, 0.6) is 0 Å². The Hall–Kier alpha value is -1.33. The molecule has 1 N–H and O–H groups in total. The Morgan fingerprint density at radius 1 is 1.00 bits per heavy atom. The van der Waals surface area contributed by atoms with Crippen molar-refractivity contribution < 1.29 is 18.3 Å². The number of rotatable bonds is 3. The van der Waals surface area contributed by atoms with Crippen molar-refractivity contribution in [2.75, 3.05) is 0 Å². The smallest absolute Gasteiger partial charge is 0.159 e. The third-order valence-electron chi connectivity index (χ3n) is 2.75. The Labute approximate surface area is 116 Å². The van der Waals surface area contributed by atoms with Crippen LogP contribution in [0, 0.1) is 17.5 Å². The van der Waals surface area contributed by atoms with E-state index in [0.29, 0.717) is 10.0 Å². The van der Waals surface area contributed by atoms with Crippen molar-refractivity contribution in [3.8, 4) is 0 Å². The Morgan fingerprint density at radius 2 is 1.74 bits per heavy atom. The van der Waals surface area contributed by atoms with E-state index in [1.165, 1.54) is 18.2 Å². The van der Waals surface area contributed by atoms with Gasteiger partial charge in [-0.05, 0) is 29.8 Å². The summed E-state index contributed by atoms with van der Waals surface area (Å²) in [7, 11) is 0. The summed E-state index contributed by atoms with van der Waals surface area (Å²) in [6, 6.07) is 7.67. The second kappa shape index (κ2) is 5.75. The molecule has 0 aliphatic rings. The molecule has 0 spiro atoms. The van der Waals surface area contributed by atoms with Gasteiger partial charge in [-0.1, -0.05) is 28.1 Å². The van der Waals surface area contributed by atoms with E-state index in [1.807, 2.05) is 0 Å². The van der Waals surface area contributed by atoms with Crippen LogP contribution in [-0.4, -0.2) is 5.11 Å². The van der Waals surface area contributed by atoms with Crippen LogP contribution in [0.1, 0.15) is 17.2 Å². The van der Waals surface area contributed by atoms with Gasteiger partial charge in [0.1, 0.15) is 5.82 Å². The summed E-state index contributed by atoms with van der Waals surface area (Å²) in [5, 5.41) is 10.0. The zero-order valence-corrected chi connectivity index (χ0v) is 11.3. The highest BCUT2D eigenvalue weighted by molar-refractivity contribution is 9.10. The molecule has 19 heavy (non-hydrogen) atoms. The Balaban J connectivity index is 2.25. The molecule has 0 radical (unpaired) electrons. The lowest BCUT2D eigenvalue weighted by Gasteiger charge is -2.14. The van der Waals surface area contributed by atoms with Gasteiger partial charge < -0.3 is 5.11 Å². The first kappa shape index (κ1) is 14.1. The average Bonchev–Trinajstić information content (AvgIpc) is 2.33. The highest BCUT2D eigenvalue weighted by atomic mass is 79.9. The average molecular weight is 331 g/mol. The quantitative estimate of drug-likeness (QED) is 0.896. The molecule has 5 heteroatoms. The molecule has 100 valence electrons. The maximum absolute atomic E-state index is 13.6. The summed E-state index contributed by atoms with van der Waals surface area (Å²) in [5.41, 5.74) is 0.494. The van der Waals surface area contributed by atoms with E-state index in [2.05, 4.69) is 15.9 Å². The number of hydrogen-bond acceptors (Lipinski definition) is 1. The van der Waals surface area contributed by atoms with E-state index in [4.69, 9.17) is 0 Å². The molecule has 2 aromatic carbocycles. The van der Waals surface area contributed by atoms with E-state index in [1.54, 1.807) is 6.07 Å². The first-order valence-corrected chi connectivity index (χ1v) is 6.34. The lowest BCUT2D eigenvalue weighted by molar-refractivity contribution is 0.172. The van der Waals surface area contributed by atoms with Crippen LogP contribution in [0.2, 0.25) is 0 Å². The molecule has 1 nitrogen and oxygen atoms in total. The summed E-state index contributed by atoms with van der Waals surface area (Å²) in [6.45, 7) is 0. The first-order chi connectivity index (χ1) is 8.99. The van der Waals surface area contributed by atoms with Crippen molar-refractivity contribution in [1.29, 1.82) is 0 Å². The minimum absolute atomic E-state index is 0.00324. The predicted octanol–water partition coefficient (Wildman–Crippen LogP) is 4.14. The molecule has 0 heterocycles. The van der Waals surface area contributed by atoms with Crippen molar-refractivity contribution in [3.63, 3.8) is 0 Å². The van der Waals surface area contributed by atoms with Crippen LogP contribution in [0.3, 0.4) is 0 Å². The third-order valence-corrected chi connectivity index (χ3v) is 3.44. The standard InChI is InChI=1S/C14H10BrF3O/c15-9-2-1-3-11(17)14(9)13(19)7-8-4-5-10(16)12(18)6-8/h1-6,13,19H,7H2. The van der Waals surface area contributed by atoms with Gasteiger partial charge in [-0.25, -0.2) is 13.2 Å². The van der Waals surface area contributed by atoms with Gasteiger partial charge in [0, 0.05) is 16.5 Å². The van der Waals surface area contributed by atoms with Gasteiger partial charge in [-0.15, -0.1) is 0 Å². The monoisotopic (exact) mass is 330 g/mol. The molecule has 0 saturated heterocycles. The van der Waals surface area contributed by atoms with Crippen LogP contribution in [0.15, 0.2) is 40.9 Å². The fourth-order valence-corrected chi connectivity index (χ4v) is 2.43. The second-order valence-electron chi connectivity index (χ2n) is 4.10. The van der Waals surface area contributed by atoms with Crippen molar-refractivity contribution in [1.82, 2.24) is 0 Å². The largest absolute Gasteiger partial charge is 0.388 e. The zero-order chi connectivity index (χ0) is 14.0. The molecule has 2 aromatic rings. The lowest BCUT2D eigenvalue weighted by Crippen LogP contribution is -2.06. The highest BCUT2D eigenvalue weighted by Gasteiger charge is 2.17. The van der Waals surface area contributed by atoms with Gasteiger partial charge in [0.15, 0.2) is 11.6 Å². The number of halogens is 4. The number of benzene rings is 2. The van der Waals surface area contributed by atoms with E-state index in [-0.39, 0.29) is 12.0 Å². The molecule has 0 aliphatic heterocycles. The van der Waals surface area contributed by atoms with Crippen molar-refractivity contribution >= 4 is 15.9 Å². The van der Waals surface area contributed by atoms with Gasteiger partial charge in [-0.2, -0.15) is 0 Å². The summed E-state index contributed by atoms with van der Waals surface area (Å²) in [5.74, 6) is -2.49. The molecule has 0 fully saturated rings. The van der Waals surface area contributed by atoms with Crippen LogP contribution < -0.4 is 0 Å². The van der Waals surface area contributed by atoms with E-state index >= 15 is 0 Å². The van der Waals surface area contributed by atoms with Gasteiger partial charge in [0.2, 0.25) is 0 Å². The minimum Gasteiger partial charge on any atom is -0.388 e. The lowest BCUT2D eigenvalue weighted by atomic mass is 10.0. The topological polar surface area (TPSA) is 20.2 Å². The normalized spacial score (nSPS) is 12.5. The van der Waals surface area contributed by atoms with Gasteiger partial charge in [0.25, 0.3) is 0 Å². The van der Waals surface area contributed by atoms with E-state index < -0.39 is 23.6 Å². The van der Waals surface area contributed by atoms with Gasteiger partial charge >= 0.3 is 0 Å². The summed E-state index contributed by atoms with van der Waals surface area (Å²) in [6.07, 6.45) is -1.14. The Bertz CT molecular complexity index is 581. The first-order valence-electron chi connectivity index (χ1n) is 5.55. The van der Waals surface area contributed by atoms with Gasteiger partial charge in [-0.3, -0.25) is 0 Å². The SMILES string of the molecule is OC(Cc1ccc(F)c(F)c1)c1c(F)cccc1Br. The van der Waals surface area contributed by atoms with E-state index in [9.17, 15) is 18.3 Å². The number of aliphatic hydroxyl groups excluding tert-OH is 1. The van der Waals surface area contributed by atoms with Gasteiger partial charge in [0.05, 0.1) is 6.10 Å². The fraction of sp³-hybridized carbons (Fsp3) is 0.143. The molecule has 1 unspecified atom stereocenters. The molecule has 0 aliphatic carbocycles. The summed E-state index contributed by atoms with van der Waals surface area (Å²) >= 11 is 3.15. The summed E-state index contributed by atoms with van der Waals surface area (Å²) in [4.78, 5) is 0. The van der Waals surface area contributed by atoms with Crippen molar-refractivity contribution in [2.24, 2.45) is 0 Å². The van der Waals surface area contributed by atoms with Crippen LogP contribution in [0.25, 0.3) is 0 Å². The molecular formula is C14H10BrF3O. The summed E-state index contributed by atoms with van der Waals surface area (Å²) < 4.78 is 39.9. The van der Waals surface area contributed by atoms with Crippen LogP contribution in [0.4, 0.5) is 13.2 Å².